The summed E-state index contributed by atoms with van der Waals surface area (Å²) in [5.74, 6) is 0.613. The summed E-state index contributed by atoms with van der Waals surface area (Å²) in [6.07, 6.45) is 4.16. The topological polar surface area (TPSA) is 28.0 Å². The number of nitrogens with one attached hydrogen (secondary N) is 1. The van der Waals surface area contributed by atoms with Gasteiger partial charge >= 0.3 is 0 Å². The molecule has 1 amide bonds. The Kier molecular flexibility index (Phi) is 6.78. The number of piperidine rings is 1. The number of carbonyl (C=O) groups excluding carboxylic acids is 1. The van der Waals surface area contributed by atoms with Crippen LogP contribution >= 0.6 is 11.8 Å². The third-order valence-corrected chi connectivity index (χ3v) is 7.11. The second-order valence-corrected chi connectivity index (χ2v) is 9.08. The molecule has 0 radical (unpaired) electrons. The Hall–Kier alpha value is -1.98. The van der Waals surface area contributed by atoms with Crippen molar-refractivity contribution in [3.8, 4) is 0 Å². The lowest BCUT2D eigenvalue weighted by atomic mass is 9.94. The minimum Gasteiger partial charge on any atom is -0.368 e. The van der Waals surface area contributed by atoms with Crippen molar-refractivity contribution in [1.29, 1.82) is 0 Å². The predicted molar refractivity (Wildman–Crippen MR) is 121 cm³/mol. The van der Waals surface area contributed by atoms with Gasteiger partial charge in [-0.05, 0) is 30.5 Å². The van der Waals surface area contributed by atoms with Gasteiger partial charge in [-0.25, -0.2) is 0 Å². The minimum absolute atomic E-state index is 0.223. The molecule has 0 aromatic heterocycles. The Morgan fingerprint density at radius 3 is 2.24 bits per heavy atom. The van der Waals surface area contributed by atoms with E-state index in [0.29, 0.717) is 5.91 Å². The van der Waals surface area contributed by atoms with Crippen molar-refractivity contribution >= 4 is 23.4 Å². The maximum Gasteiger partial charge on any atom is 0.226 e. The van der Waals surface area contributed by atoms with Crippen LogP contribution in [0.15, 0.2) is 59.5 Å². The van der Waals surface area contributed by atoms with Gasteiger partial charge in [-0.2, -0.15) is 0 Å². The van der Waals surface area contributed by atoms with Crippen LogP contribution in [-0.4, -0.2) is 56.3 Å². The molecule has 2 fully saturated rings. The first-order chi connectivity index (χ1) is 14.2. The summed E-state index contributed by atoms with van der Waals surface area (Å²) in [6, 6.07) is 19.5. The molecule has 0 bridgehead atoms. The first kappa shape index (κ1) is 20.3. The van der Waals surface area contributed by atoms with Crippen LogP contribution in [0.2, 0.25) is 0 Å². The molecule has 2 saturated heterocycles. The Bertz CT molecular complexity index is 780. The van der Waals surface area contributed by atoms with E-state index in [1.165, 1.54) is 16.1 Å². The van der Waals surface area contributed by atoms with Crippen molar-refractivity contribution in [2.45, 2.75) is 24.3 Å². The van der Waals surface area contributed by atoms with Crippen LogP contribution in [0, 0.1) is 5.92 Å². The lowest BCUT2D eigenvalue weighted by Crippen LogP contribution is -3.11. The third kappa shape index (κ3) is 5.14. The van der Waals surface area contributed by atoms with Gasteiger partial charge in [-0.3, -0.25) is 4.79 Å². The molecule has 2 aromatic carbocycles. The van der Waals surface area contributed by atoms with Crippen molar-refractivity contribution in [2.75, 3.05) is 50.4 Å². The predicted octanol–water partition coefficient (Wildman–Crippen LogP) is 2.55. The minimum atomic E-state index is 0.223. The lowest BCUT2D eigenvalue weighted by Gasteiger charge is -2.38. The van der Waals surface area contributed by atoms with E-state index < -0.39 is 0 Å². The molecule has 5 heteroatoms. The first-order valence-electron chi connectivity index (χ1n) is 10.8. The summed E-state index contributed by atoms with van der Waals surface area (Å²) in [5.41, 5.74) is 2.67. The number of para-hydroxylation sites is 1. The molecule has 0 saturated carbocycles. The van der Waals surface area contributed by atoms with E-state index in [9.17, 15) is 4.79 Å². The molecule has 1 N–H and O–H groups in total. The summed E-state index contributed by atoms with van der Waals surface area (Å²) in [5, 5.41) is 0. The SMILES string of the molecule is CSc1ccc(C[NH+]2CCC(C(=O)N3CCN(c4ccccc4)CC3)CC2)cc1. The summed E-state index contributed by atoms with van der Waals surface area (Å²) >= 11 is 1.79. The van der Waals surface area contributed by atoms with E-state index in [2.05, 4.69) is 70.7 Å². The molecule has 4 rings (SSSR count). The van der Waals surface area contributed by atoms with Crippen molar-refractivity contribution in [1.82, 2.24) is 4.90 Å². The molecular formula is C24H32N3OS+. The van der Waals surface area contributed by atoms with Gasteiger partial charge in [-0.15, -0.1) is 11.8 Å². The van der Waals surface area contributed by atoms with Gasteiger partial charge in [-0.1, -0.05) is 30.3 Å². The van der Waals surface area contributed by atoms with Gasteiger partial charge < -0.3 is 14.7 Å². The van der Waals surface area contributed by atoms with E-state index in [1.54, 1.807) is 16.7 Å². The van der Waals surface area contributed by atoms with Gasteiger partial charge in [0.1, 0.15) is 6.54 Å². The summed E-state index contributed by atoms with van der Waals surface area (Å²) in [7, 11) is 0. The number of likely N-dealkylation sites (tertiary alicyclic amines) is 1. The lowest BCUT2D eigenvalue weighted by molar-refractivity contribution is -0.919. The number of carbonyl (C=O) groups is 1. The van der Waals surface area contributed by atoms with Gasteiger partial charge in [0.25, 0.3) is 0 Å². The maximum atomic E-state index is 13.0. The fourth-order valence-corrected chi connectivity index (χ4v) is 4.97. The van der Waals surface area contributed by atoms with E-state index in [-0.39, 0.29) is 5.92 Å². The second-order valence-electron chi connectivity index (χ2n) is 8.20. The molecule has 29 heavy (non-hydrogen) atoms. The quantitative estimate of drug-likeness (QED) is 0.768. The summed E-state index contributed by atoms with van der Waals surface area (Å²) in [6.45, 7) is 6.85. The zero-order chi connectivity index (χ0) is 20.1. The van der Waals surface area contributed by atoms with Gasteiger partial charge in [0.15, 0.2) is 0 Å². The van der Waals surface area contributed by atoms with Crippen LogP contribution in [0.4, 0.5) is 5.69 Å². The number of rotatable bonds is 5. The average molecular weight is 411 g/mol. The smallest absolute Gasteiger partial charge is 0.226 e. The first-order valence-corrected chi connectivity index (χ1v) is 12.0. The maximum absolute atomic E-state index is 13.0. The number of hydrogen-bond acceptors (Lipinski definition) is 3. The van der Waals surface area contributed by atoms with Crippen LogP contribution in [-0.2, 0) is 11.3 Å². The highest BCUT2D eigenvalue weighted by molar-refractivity contribution is 7.98. The van der Waals surface area contributed by atoms with Gasteiger partial charge in [0.05, 0.1) is 13.1 Å². The Morgan fingerprint density at radius 2 is 1.62 bits per heavy atom. The largest absolute Gasteiger partial charge is 0.368 e. The number of hydrogen-bond donors (Lipinski definition) is 1. The number of thioether (sulfide) groups is 1. The highest BCUT2D eigenvalue weighted by Crippen LogP contribution is 2.19. The molecule has 4 nitrogen and oxygen atoms in total. The number of piperazine rings is 1. The summed E-state index contributed by atoms with van der Waals surface area (Å²) < 4.78 is 0. The molecule has 0 spiro atoms. The average Bonchev–Trinajstić information content (AvgIpc) is 2.80. The fourth-order valence-electron chi connectivity index (χ4n) is 4.56. The van der Waals surface area contributed by atoms with Crippen molar-refractivity contribution in [2.24, 2.45) is 5.92 Å². The second kappa shape index (κ2) is 9.68. The normalized spacial score (nSPS) is 22.5. The van der Waals surface area contributed by atoms with Crippen LogP contribution < -0.4 is 9.80 Å². The molecule has 0 atom stereocenters. The molecule has 2 aromatic rings. The number of quaternary nitrogens is 1. The molecule has 2 aliphatic rings. The van der Waals surface area contributed by atoms with E-state index in [4.69, 9.17) is 0 Å². The highest BCUT2D eigenvalue weighted by Gasteiger charge is 2.32. The van der Waals surface area contributed by atoms with Gasteiger partial charge in [0, 0.05) is 61.1 Å². The van der Waals surface area contributed by atoms with Crippen molar-refractivity contribution < 1.29 is 9.69 Å². The van der Waals surface area contributed by atoms with Crippen molar-refractivity contribution in [3.63, 3.8) is 0 Å². The molecule has 0 unspecified atom stereocenters. The monoisotopic (exact) mass is 410 g/mol. The van der Waals surface area contributed by atoms with Gasteiger partial charge in [0.2, 0.25) is 5.91 Å². The standard InChI is InChI=1S/C24H31N3OS/c1-29-23-9-7-20(8-10-23)19-25-13-11-21(12-14-25)24(28)27-17-15-26(16-18-27)22-5-3-2-4-6-22/h2-10,21H,11-19H2,1H3/p+1. The molecule has 0 aliphatic carbocycles. The molecule has 2 heterocycles. The van der Waals surface area contributed by atoms with Crippen LogP contribution in [0.3, 0.4) is 0 Å². The zero-order valence-corrected chi connectivity index (χ0v) is 18.2. The molecule has 2 aliphatic heterocycles. The Balaban J connectivity index is 1.23. The highest BCUT2D eigenvalue weighted by atomic mass is 32.2. The Morgan fingerprint density at radius 1 is 0.966 bits per heavy atom. The van der Waals surface area contributed by atoms with E-state index >= 15 is 0 Å². The van der Waals surface area contributed by atoms with Crippen LogP contribution in [0.1, 0.15) is 18.4 Å². The molecular weight excluding hydrogens is 378 g/mol. The number of benzene rings is 2. The third-order valence-electron chi connectivity index (χ3n) is 6.37. The van der Waals surface area contributed by atoms with E-state index in [1.807, 2.05) is 0 Å². The number of amides is 1. The summed E-state index contributed by atoms with van der Waals surface area (Å²) in [4.78, 5) is 20.5. The zero-order valence-electron chi connectivity index (χ0n) is 17.3. The Labute approximate surface area is 178 Å². The fraction of sp³-hybridized carbons (Fsp3) is 0.458. The molecule has 154 valence electrons. The van der Waals surface area contributed by atoms with Crippen molar-refractivity contribution in [3.05, 3.63) is 60.2 Å². The van der Waals surface area contributed by atoms with E-state index in [0.717, 1.165) is 58.7 Å². The number of anilines is 1. The number of nitrogens with zero attached hydrogens (tertiary/aromatic N) is 2. The van der Waals surface area contributed by atoms with Crippen LogP contribution in [0.25, 0.3) is 0 Å². The van der Waals surface area contributed by atoms with Crippen LogP contribution in [0.5, 0.6) is 0 Å².